The molecule has 0 aliphatic rings. The summed E-state index contributed by atoms with van der Waals surface area (Å²) in [5.41, 5.74) is 2.76. The fourth-order valence-electron chi connectivity index (χ4n) is 2.10. The van der Waals surface area contributed by atoms with Gasteiger partial charge in [0.1, 0.15) is 18.1 Å². The van der Waals surface area contributed by atoms with Gasteiger partial charge < -0.3 is 15.2 Å². The lowest BCUT2D eigenvalue weighted by molar-refractivity contribution is -0.134. The van der Waals surface area contributed by atoms with Crippen LogP contribution in [0.1, 0.15) is 23.6 Å². The van der Waals surface area contributed by atoms with Gasteiger partial charge in [0.2, 0.25) is 5.91 Å². The standard InChI is InChI=1S/C19H19NO4/c1-13-5-3-4-6-16(13)12-24-17-9-7-15(8-10-17)11-18(19(22)23)20-14(2)21/h3-11H,12H2,1-2H3,(H,20,21)(H,22,23). The first-order valence-corrected chi connectivity index (χ1v) is 7.45. The van der Waals surface area contributed by atoms with Crippen LogP contribution in [0.4, 0.5) is 0 Å². The fraction of sp³-hybridized carbons (Fsp3) is 0.158. The molecule has 2 aromatic rings. The van der Waals surface area contributed by atoms with Gasteiger partial charge in [0.25, 0.3) is 0 Å². The number of ether oxygens (including phenoxy) is 1. The molecule has 5 nitrogen and oxygen atoms in total. The number of carbonyl (C=O) groups is 2. The number of carboxylic acids is 1. The summed E-state index contributed by atoms with van der Waals surface area (Å²) in [5.74, 6) is -0.932. The summed E-state index contributed by atoms with van der Waals surface area (Å²) in [6.07, 6.45) is 1.40. The first-order chi connectivity index (χ1) is 11.5. The SMILES string of the molecule is CC(=O)NC(=Cc1ccc(OCc2ccccc2C)cc1)C(=O)O. The smallest absolute Gasteiger partial charge is 0.352 e. The molecule has 1 amide bonds. The Morgan fingerprint density at radius 1 is 1.12 bits per heavy atom. The van der Waals surface area contributed by atoms with E-state index >= 15 is 0 Å². The van der Waals surface area contributed by atoms with E-state index in [1.54, 1.807) is 24.3 Å². The van der Waals surface area contributed by atoms with Crippen LogP contribution < -0.4 is 10.1 Å². The molecule has 0 unspecified atom stereocenters. The van der Waals surface area contributed by atoms with E-state index in [9.17, 15) is 9.59 Å². The van der Waals surface area contributed by atoms with Crippen LogP contribution in [0.25, 0.3) is 6.08 Å². The van der Waals surface area contributed by atoms with E-state index in [0.29, 0.717) is 17.9 Å². The van der Waals surface area contributed by atoms with Gasteiger partial charge in [-0.15, -0.1) is 0 Å². The Kier molecular flexibility index (Phi) is 5.73. The van der Waals surface area contributed by atoms with E-state index in [-0.39, 0.29) is 5.70 Å². The predicted octanol–water partition coefficient (Wildman–Crippen LogP) is 3.14. The number of carboxylic acid groups (broad SMARTS) is 1. The summed E-state index contributed by atoms with van der Waals surface area (Å²) in [7, 11) is 0. The minimum atomic E-state index is -1.19. The molecular formula is C19H19NO4. The molecule has 0 aliphatic heterocycles. The summed E-state index contributed by atoms with van der Waals surface area (Å²) >= 11 is 0. The molecule has 24 heavy (non-hydrogen) atoms. The number of benzene rings is 2. The third kappa shape index (κ3) is 4.98. The summed E-state index contributed by atoms with van der Waals surface area (Å²) in [4.78, 5) is 22.1. The van der Waals surface area contributed by atoms with Crippen molar-refractivity contribution >= 4 is 18.0 Å². The Labute approximate surface area is 140 Å². The van der Waals surface area contributed by atoms with Crippen molar-refractivity contribution in [1.29, 1.82) is 0 Å². The highest BCUT2D eigenvalue weighted by atomic mass is 16.5. The van der Waals surface area contributed by atoms with Gasteiger partial charge in [0, 0.05) is 6.92 Å². The molecule has 0 atom stereocenters. The summed E-state index contributed by atoms with van der Waals surface area (Å²) in [6.45, 7) is 3.76. The number of carbonyl (C=O) groups excluding carboxylic acids is 1. The van der Waals surface area contributed by atoms with Crippen LogP contribution in [-0.2, 0) is 16.2 Å². The van der Waals surface area contributed by atoms with Crippen LogP contribution in [0, 0.1) is 6.92 Å². The molecule has 0 heterocycles. The third-order valence-electron chi connectivity index (χ3n) is 3.39. The minimum Gasteiger partial charge on any atom is -0.489 e. The Balaban J connectivity index is 2.06. The van der Waals surface area contributed by atoms with Crippen molar-refractivity contribution in [2.45, 2.75) is 20.5 Å². The lowest BCUT2D eigenvalue weighted by atomic mass is 10.1. The van der Waals surface area contributed by atoms with Crippen LogP contribution in [-0.4, -0.2) is 17.0 Å². The van der Waals surface area contributed by atoms with Crippen LogP contribution in [0.3, 0.4) is 0 Å². The molecule has 0 spiro atoms. The molecule has 2 rings (SSSR count). The highest BCUT2D eigenvalue weighted by Gasteiger charge is 2.08. The van der Waals surface area contributed by atoms with E-state index in [4.69, 9.17) is 9.84 Å². The Bertz CT molecular complexity index is 763. The summed E-state index contributed by atoms with van der Waals surface area (Å²) < 4.78 is 5.74. The second-order valence-corrected chi connectivity index (χ2v) is 5.33. The van der Waals surface area contributed by atoms with Crippen molar-refractivity contribution < 1.29 is 19.4 Å². The third-order valence-corrected chi connectivity index (χ3v) is 3.39. The molecule has 5 heteroatoms. The van der Waals surface area contributed by atoms with Gasteiger partial charge in [-0.3, -0.25) is 4.79 Å². The van der Waals surface area contributed by atoms with Crippen molar-refractivity contribution in [1.82, 2.24) is 5.32 Å². The second kappa shape index (κ2) is 7.97. The molecule has 0 radical (unpaired) electrons. The topological polar surface area (TPSA) is 75.6 Å². The van der Waals surface area contributed by atoms with E-state index in [1.807, 2.05) is 31.2 Å². The average molecular weight is 325 g/mol. The van der Waals surface area contributed by atoms with Crippen molar-refractivity contribution in [2.24, 2.45) is 0 Å². The molecule has 0 aromatic heterocycles. The second-order valence-electron chi connectivity index (χ2n) is 5.33. The van der Waals surface area contributed by atoms with Crippen LogP contribution in [0.5, 0.6) is 5.75 Å². The molecule has 0 fully saturated rings. The molecule has 2 N–H and O–H groups in total. The largest absolute Gasteiger partial charge is 0.489 e. The first kappa shape index (κ1) is 17.3. The van der Waals surface area contributed by atoms with Crippen molar-refractivity contribution in [3.05, 3.63) is 70.9 Å². The highest BCUT2D eigenvalue weighted by molar-refractivity contribution is 5.96. The monoisotopic (exact) mass is 325 g/mol. The van der Waals surface area contributed by atoms with Gasteiger partial charge in [-0.25, -0.2) is 4.79 Å². The van der Waals surface area contributed by atoms with Gasteiger partial charge in [0.15, 0.2) is 0 Å². The van der Waals surface area contributed by atoms with Gasteiger partial charge in [0.05, 0.1) is 0 Å². The van der Waals surface area contributed by atoms with Crippen molar-refractivity contribution in [2.75, 3.05) is 0 Å². The van der Waals surface area contributed by atoms with E-state index in [2.05, 4.69) is 5.32 Å². The lowest BCUT2D eigenvalue weighted by Gasteiger charge is -2.09. The molecule has 124 valence electrons. The Morgan fingerprint density at radius 2 is 1.79 bits per heavy atom. The number of hydrogen-bond acceptors (Lipinski definition) is 3. The molecule has 0 saturated heterocycles. The maximum atomic E-state index is 11.1. The molecule has 0 bridgehead atoms. The zero-order valence-electron chi connectivity index (χ0n) is 13.6. The average Bonchev–Trinajstić information content (AvgIpc) is 2.54. The summed E-state index contributed by atoms with van der Waals surface area (Å²) in [6, 6.07) is 15.0. The zero-order valence-corrected chi connectivity index (χ0v) is 13.6. The Morgan fingerprint density at radius 3 is 2.38 bits per heavy atom. The van der Waals surface area contributed by atoms with Gasteiger partial charge in [-0.05, 0) is 41.8 Å². The number of aliphatic carboxylic acids is 1. The van der Waals surface area contributed by atoms with Crippen LogP contribution in [0.2, 0.25) is 0 Å². The van der Waals surface area contributed by atoms with E-state index in [0.717, 1.165) is 5.56 Å². The van der Waals surface area contributed by atoms with Crippen molar-refractivity contribution in [3.63, 3.8) is 0 Å². The number of nitrogens with one attached hydrogen (secondary N) is 1. The zero-order chi connectivity index (χ0) is 17.5. The molecule has 0 aliphatic carbocycles. The maximum Gasteiger partial charge on any atom is 0.352 e. The number of rotatable bonds is 6. The molecular weight excluding hydrogens is 306 g/mol. The molecule has 0 saturated carbocycles. The lowest BCUT2D eigenvalue weighted by Crippen LogP contribution is -2.24. The first-order valence-electron chi connectivity index (χ1n) is 7.45. The van der Waals surface area contributed by atoms with Gasteiger partial charge >= 0.3 is 5.97 Å². The highest BCUT2D eigenvalue weighted by Crippen LogP contribution is 2.17. The summed E-state index contributed by atoms with van der Waals surface area (Å²) in [5, 5.41) is 11.4. The maximum absolute atomic E-state index is 11.1. The van der Waals surface area contributed by atoms with Gasteiger partial charge in [-0.2, -0.15) is 0 Å². The number of hydrogen-bond donors (Lipinski definition) is 2. The van der Waals surface area contributed by atoms with Crippen LogP contribution >= 0.6 is 0 Å². The van der Waals surface area contributed by atoms with Gasteiger partial charge in [-0.1, -0.05) is 36.4 Å². The fourth-order valence-corrected chi connectivity index (χ4v) is 2.10. The quantitative estimate of drug-likeness (QED) is 0.800. The minimum absolute atomic E-state index is 0.170. The number of aryl methyl sites for hydroxylation is 1. The normalized spacial score (nSPS) is 11.0. The Hall–Kier alpha value is -3.08. The predicted molar refractivity (Wildman–Crippen MR) is 91.4 cm³/mol. The number of amides is 1. The van der Waals surface area contributed by atoms with E-state index < -0.39 is 11.9 Å². The van der Waals surface area contributed by atoms with Crippen molar-refractivity contribution in [3.8, 4) is 5.75 Å². The molecule has 2 aromatic carbocycles. The van der Waals surface area contributed by atoms with E-state index in [1.165, 1.54) is 18.6 Å². The van der Waals surface area contributed by atoms with Crippen LogP contribution in [0.15, 0.2) is 54.2 Å².